The summed E-state index contributed by atoms with van der Waals surface area (Å²) >= 11 is 0. The van der Waals surface area contributed by atoms with Gasteiger partial charge in [-0.3, -0.25) is 10.00 Å². The Kier molecular flexibility index (Phi) is 4.63. The van der Waals surface area contributed by atoms with Crippen molar-refractivity contribution in [3.8, 4) is 5.75 Å². The van der Waals surface area contributed by atoms with Crippen LogP contribution in [-0.2, 0) is 13.0 Å². The van der Waals surface area contributed by atoms with Crippen LogP contribution in [-0.4, -0.2) is 46.5 Å². The SMILES string of the molecule is COc1cc(CN2CC(O)C(Cc3cc(C)[nH]n3)C2)ccc1F. The molecule has 1 aromatic heterocycles. The number of methoxy groups -OCH3 is 1. The monoisotopic (exact) mass is 319 g/mol. The van der Waals surface area contributed by atoms with E-state index in [-0.39, 0.29) is 23.6 Å². The number of hydrogen-bond donors (Lipinski definition) is 2. The van der Waals surface area contributed by atoms with Crippen LogP contribution < -0.4 is 4.74 Å². The summed E-state index contributed by atoms with van der Waals surface area (Å²) in [5.74, 6) is 0.0651. The Hall–Kier alpha value is -1.92. The first kappa shape index (κ1) is 16.0. The standard InChI is InChI=1S/C17H22FN3O2/c1-11-5-14(20-19-11)7-13-9-21(10-16(13)22)8-12-3-4-15(18)17(6-12)23-2/h3-6,13,16,22H,7-10H2,1-2H3,(H,19,20). The summed E-state index contributed by atoms with van der Waals surface area (Å²) < 4.78 is 18.5. The zero-order valence-electron chi connectivity index (χ0n) is 13.4. The van der Waals surface area contributed by atoms with Crippen LogP contribution >= 0.6 is 0 Å². The van der Waals surface area contributed by atoms with Gasteiger partial charge < -0.3 is 9.84 Å². The van der Waals surface area contributed by atoms with Crippen molar-refractivity contribution in [3.05, 3.63) is 47.0 Å². The first-order valence-electron chi connectivity index (χ1n) is 7.79. The van der Waals surface area contributed by atoms with Gasteiger partial charge in [-0.25, -0.2) is 4.39 Å². The van der Waals surface area contributed by atoms with Crippen molar-refractivity contribution in [2.75, 3.05) is 20.2 Å². The molecular formula is C17H22FN3O2. The molecule has 0 amide bonds. The zero-order chi connectivity index (χ0) is 16.4. The lowest BCUT2D eigenvalue weighted by atomic mass is 10.0. The Morgan fingerprint density at radius 3 is 2.91 bits per heavy atom. The number of ether oxygens (including phenoxy) is 1. The van der Waals surface area contributed by atoms with Crippen molar-refractivity contribution in [3.63, 3.8) is 0 Å². The van der Waals surface area contributed by atoms with Gasteiger partial charge in [-0.1, -0.05) is 6.07 Å². The Labute approximate surface area is 135 Å². The molecule has 0 bridgehead atoms. The van der Waals surface area contributed by atoms with Gasteiger partial charge in [0.05, 0.1) is 18.9 Å². The number of nitrogens with one attached hydrogen (secondary N) is 1. The summed E-state index contributed by atoms with van der Waals surface area (Å²) in [6.45, 7) is 4.06. The first-order valence-corrected chi connectivity index (χ1v) is 7.79. The Bertz CT molecular complexity index is 674. The Morgan fingerprint density at radius 1 is 1.39 bits per heavy atom. The van der Waals surface area contributed by atoms with E-state index in [0.717, 1.165) is 29.9 Å². The lowest BCUT2D eigenvalue weighted by Gasteiger charge is -2.16. The van der Waals surface area contributed by atoms with Crippen LogP contribution in [0.2, 0.25) is 0 Å². The molecule has 0 spiro atoms. The fourth-order valence-electron chi connectivity index (χ4n) is 3.18. The molecule has 1 aliphatic rings. The average Bonchev–Trinajstić information content (AvgIpc) is 3.07. The van der Waals surface area contributed by atoms with Gasteiger partial charge in [-0.15, -0.1) is 0 Å². The van der Waals surface area contributed by atoms with Gasteiger partial charge in [0.2, 0.25) is 0 Å². The van der Waals surface area contributed by atoms with E-state index in [1.165, 1.54) is 13.2 Å². The molecule has 124 valence electrons. The number of aromatic amines is 1. The fraction of sp³-hybridized carbons (Fsp3) is 0.471. The molecule has 23 heavy (non-hydrogen) atoms. The van der Waals surface area contributed by atoms with Crippen molar-refractivity contribution >= 4 is 0 Å². The van der Waals surface area contributed by atoms with Crippen LogP contribution in [0.25, 0.3) is 0 Å². The molecule has 0 radical (unpaired) electrons. The third-order valence-electron chi connectivity index (χ3n) is 4.33. The Balaban J connectivity index is 1.62. The minimum Gasteiger partial charge on any atom is -0.494 e. The van der Waals surface area contributed by atoms with Gasteiger partial charge in [0.25, 0.3) is 0 Å². The molecule has 2 aromatic rings. The van der Waals surface area contributed by atoms with Crippen LogP contribution in [0.15, 0.2) is 24.3 Å². The number of aromatic nitrogens is 2. The number of likely N-dealkylation sites (tertiary alicyclic amines) is 1. The third kappa shape index (κ3) is 3.71. The van der Waals surface area contributed by atoms with E-state index in [2.05, 4.69) is 15.1 Å². The summed E-state index contributed by atoms with van der Waals surface area (Å²) in [7, 11) is 1.46. The number of nitrogens with zero attached hydrogens (tertiary/aromatic N) is 2. The molecule has 3 rings (SSSR count). The predicted octanol–water partition coefficient (Wildman–Crippen LogP) is 1.90. The largest absolute Gasteiger partial charge is 0.494 e. The number of β-amino-alcohol motifs (C(OH)–C–C–N with tert-alkyl or cyclic N) is 1. The summed E-state index contributed by atoms with van der Waals surface area (Å²) in [6.07, 6.45) is 0.392. The number of halogens is 1. The molecule has 1 fully saturated rings. The second-order valence-corrected chi connectivity index (χ2v) is 6.24. The van der Waals surface area contributed by atoms with Crippen molar-refractivity contribution in [1.29, 1.82) is 0 Å². The van der Waals surface area contributed by atoms with Crippen LogP contribution in [0.3, 0.4) is 0 Å². The van der Waals surface area contributed by atoms with Crippen molar-refractivity contribution in [2.24, 2.45) is 5.92 Å². The molecule has 1 aromatic carbocycles. The summed E-state index contributed by atoms with van der Waals surface area (Å²) in [5.41, 5.74) is 2.99. The van der Waals surface area contributed by atoms with Gasteiger partial charge >= 0.3 is 0 Å². The molecule has 2 N–H and O–H groups in total. The topological polar surface area (TPSA) is 61.4 Å². The smallest absolute Gasteiger partial charge is 0.165 e. The highest BCUT2D eigenvalue weighted by atomic mass is 19.1. The number of rotatable bonds is 5. The lowest BCUT2D eigenvalue weighted by molar-refractivity contribution is 0.140. The number of aliphatic hydroxyl groups excluding tert-OH is 1. The number of aryl methyl sites for hydroxylation is 1. The summed E-state index contributed by atoms with van der Waals surface area (Å²) in [6, 6.07) is 6.91. The normalized spacial score (nSPS) is 21.7. The maximum atomic E-state index is 13.5. The van der Waals surface area contributed by atoms with Crippen LogP contribution in [0.4, 0.5) is 4.39 Å². The molecule has 0 aliphatic carbocycles. The highest BCUT2D eigenvalue weighted by Gasteiger charge is 2.31. The van der Waals surface area contributed by atoms with Gasteiger partial charge in [0.15, 0.2) is 11.6 Å². The van der Waals surface area contributed by atoms with Crippen molar-refractivity contribution in [2.45, 2.75) is 26.0 Å². The molecule has 0 saturated carbocycles. The van der Waals surface area contributed by atoms with Gasteiger partial charge in [-0.05, 0) is 37.1 Å². The van der Waals surface area contributed by atoms with Gasteiger partial charge in [0, 0.05) is 31.2 Å². The summed E-state index contributed by atoms with van der Waals surface area (Å²) in [4.78, 5) is 2.18. The second kappa shape index (κ2) is 6.68. The lowest BCUT2D eigenvalue weighted by Crippen LogP contribution is -2.21. The number of hydrogen-bond acceptors (Lipinski definition) is 4. The van der Waals surface area contributed by atoms with Crippen LogP contribution in [0.5, 0.6) is 5.75 Å². The molecule has 1 aliphatic heterocycles. The maximum Gasteiger partial charge on any atom is 0.165 e. The van der Waals surface area contributed by atoms with Crippen LogP contribution in [0, 0.1) is 18.7 Å². The average molecular weight is 319 g/mol. The number of benzene rings is 1. The molecule has 1 saturated heterocycles. The quantitative estimate of drug-likeness (QED) is 0.884. The third-order valence-corrected chi connectivity index (χ3v) is 4.33. The molecule has 6 heteroatoms. The van der Waals surface area contributed by atoms with E-state index in [1.807, 2.05) is 13.0 Å². The van der Waals surface area contributed by atoms with E-state index in [4.69, 9.17) is 4.74 Å². The highest BCUT2D eigenvalue weighted by molar-refractivity contribution is 5.30. The molecule has 2 atom stereocenters. The first-order chi connectivity index (χ1) is 11.0. The van der Waals surface area contributed by atoms with Crippen LogP contribution in [0.1, 0.15) is 17.0 Å². The number of H-pyrrole nitrogens is 1. The Morgan fingerprint density at radius 2 is 2.22 bits per heavy atom. The van der Waals surface area contributed by atoms with E-state index in [0.29, 0.717) is 13.1 Å². The highest BCUT2D eigenvalue weighted by Crippen LogP contribution is 2.24. The van der Waals surface area contributed by atoms with Crippen molar-refractivity contribution in [1.82, 2.24) is 15.1 Å². The predicted molar refractivity (Wildman–Crippen MR) is 84.8 cm³/mol. The molecule has 5 nitrogen and oxygen atoms in total. The van der Waals surface area contributed by atoms with E-state index < -0.39 is 0 Å². The minimum atomic E-state index is -0.366. The van der Waals surface area contributed by atoms with Gasteiger partial charge in [-0.2, -0.15) is 5.10 Å². The zero-order valence-corrected chi connectivity index (χ0v) is 13.4. The summed E-state index contributed by atoms with van der Waals surface area (Å²) in [5, 5.41) is 17.5. The fourth-order valence-corrected chi connectivity index (χ4v) is 3.18. The van der Waals surface area contributed by atoms with Crippen molar-refractivity contribution < 1.29 is 14.2 Å². The minimum absolute atomic E-state index is 0.167. The molecular weight excluding hydrogens is 297 g/mol. The van der Waals surface area contributed by atoms with E-state index >= 15 is 0 Å². The van der Waals surface area contributed by atoms with E-state index in [9.17, 15) is 9.50 Å². The van der Waals surface area contributed by atoms with E-state index in [1.54, 1.807) is 12.1 Å². The van der Waals surface area contributed by atoms with Gasteiger partial charge in [0.1, 0.15) is 0 Å². The molecule has 2 heterocycles. The number of aliphatic hydroxyl groups is 1. The molecule has 2 unspecified atom stereocenters. The second-order valence-electron chi connectivity index (χ2n) is 6.24. The maximum absolute atomic E-state index is 13.5.